The Morgan fingerprint density at radius 1 is 0.968 bits per heavy atom. The number of fused-ring (bicyclic) bond motifs is 2. The summed E-state index contributed by atoms with van der Waals surface area (Å²) in [7, 11) is -3.74. The third-order valence-corrected chi connectivity index (χ3v) is 8.89. The van der Waals surface area contributed by atoms with Crippen molar-refractivity contribution in [1.29, 1.82) is 0 Å². The van der Waals surface area contributed by atoms with E-state index in [2.05, 4.69) is 0 Å². The molecule has 2 aromatic rings. The van der Waals surface area contributed by atoms with Gasteiger partial charge in [0.15, 0.2) is 0 Å². The zero-order valence-electron chi connectivity index (χ0n) is 17.6. The zero-order valence-corrected chi connectivity index (χ0v) is 18.4. The number of likely N-dealkylation sites (tertiary alicyclic amines) is 1. The van der Waals surface area contributed by atoms with Crippen LogP contribution in [0, 0.1) is 18.8 Å². The van der Waals surface area contributed by atoms with E-state index >= 15 is 0 Å². The van der Waals surface area contributed by atoms with E-state index in [-0.39, 0.29) is 35.1 Å². The van der Waals surface area contributed by atoms with Crippen molar-refractivity contribution in [3.63, 3.8) is 0 Å². The number of hydrogen-bond acceptors (Lipinski definition) is 4. The highest BCUT2D eigenvalue weighted by molar-refractivity contribution is 7.93. The number of para-hydroxylation sites is 1. The minimum Gasteiger partial charge on any atom is -0.278 e. The first-order valence-corrected chi connectivity index (χ1v) is 12.4. The molecule has 3 aliphatic rings. The van der Waals surface area contributed by atoms with E-state index < -0.39 is 10.0 Å². The zero-order chi connectivity index (χ0) is 21.8. The minimum absolute atomic E-state index is 0.104. The molecule has 2 aromatic carbocycles. The van der Waals surface area contributed by atoms with E-state index in [1.54, 1.807) is 19.1 Å². The fourth-order valence-electron chi connectivity index (χ4n) is 5.27. The number of amides is 2. The van der Waals surface area contributed by atoms with Crippen molar-refractivity contribution >= 4 is 27.5 Å². The topological polar surface area (TPSA) is 74.8 Å². The number of carbonyl (C=O) groups excluding carboxylic acids is 2. The van der Waals surface area contributed by atoms with Crippen LogP contribution in [0.2, 0.25) is 0 Å². The molecule has 1 saturated heterocycles. The number of nitrogens with zero attached hydrogens (tertiary/aromatic N) is 2. The predicted octanol–water partition coefficient (Wildman–Crippen LogP) is 3.42. The molecule has 0 bridgehead atoms. The lowest BCUT2D eigenvalue weighted by molar-refractivity contribution is -0.140. The van der Waals surface area contributed by atoms with Gasteiger partial charge < -0.3 is 0 Å². The number of sulfonamides is 1. The summed E-state index contributed by atoms with van der Waals surface area (Å²) in [6.45, 7) is 2.32. The van der Waals surface area contributed by atoms with Gasteiger partial charge in [-0.3, -0.25) is 18.8 Å². The summed E-state index contributed by atoms with van der Waals surface area (Å²) < 4.78 is 28.5. The minimum atomic E-state index is -3.74. The number of carbonyl (C=O) groups is 2. The van der Waals surface area contributed by atoms with Crippen LogP contribution in [-0.2, 0) is 32.6 Å². The molecule has 0 spiro atoms. The second kappa shape index (κ2) is 7.48. The van der Waals surface area contributed by atoms with Gasteiger partial charge in [-0.25, -0.2) is 8.42 Å². The Bertz CT molecular complexity index is 1150. The molecule has 2 fully saturated rings. The summed E-state index contributed by atoms with van der Waals surface area (Å²) in [5, 5.41) is 0. The van der Waals surface area contributed by atoms with Gasteiger partial charge in [-0.2, -0.15) is 0 Å². The van der Waals surface area contributed by atoms with Crippen LogP contribution < -0.4 is 4.31 Å². The van der Waals surface area contributed by atoms with Crippen molar-refractivity contribution in [3.05, 3.63) is 59.2 Å². The average molecular weight is 439 g/mol. The van der Waals surface area contributed by atoms with Crippen LogP contribution in [0.5, 0.6) is 0 Å². The fraction of sp³-hybridized carbons (Fsp3) is 0.417. The number of hydrogen-bond donors (Lipinski definition) is 0. The number of imide groups is 1. The van der Waals surface area contributed by atoms with Gasteiger partial charge in [-0.15, -0.1) is 0 Å². The Morgan fingerprint density at radius 2 is 1.65 bits per heavy atom. The SMILES string of the molecule is Cc1ccc(CN2C(=O)C3CCCCC3C2=O)cc1S(=O)(=O)N1CCc2ccccc21. The molecule has 2 heterocycles. The highest BCUT2D eigenvalue weighted by Crippen LogP contribution is 2.39. The molecule has 6 nitrogen and oxygen atoms in total. The van der Waals surface area contributed by atoms with Crippen molar-refractivity contribution in [3.8, 4) is 0 Å². The third kappa shape index (κ3) is 3.26. The Balaban J connectivity index is 1.45. The molecule has 5 rings (SSSR count). The normalized spacial score (nSPS) is 23.3. The molecule has 2 atom stereocenters. The molecule has 1 saturated carbocycles. The largest absolute Gasteiger partial charge is 0.278 e. The summed E-state index contributed by atoms with van der Waals surface area (Å²) in [6, 6.07) is 12.8. The van der Waals surface area contributed by atoms with Crippen molar-refractivity contribution in [2.24, 2.45) is 11.8 Å². The Kier molecular flexibility index (Phi) is 4.88. The molecule has 2 aliphatic heterocycles. The van der Waals surface area contributed by atoms with Crippen LogP contribution in [0.15, 0.2) is 47.4 Å². The number of anilines is 1. The van der Waals surface area contributed by atoms with Crippen LogP contribution in [-0.4, -0.2) is 31.7 Å². The van der Waals surface area contributed by atoms with Crippen LogP contribution in [0.3, 0.4) is 0 Å². The Hall–Kier alpha value is -2.67. The van der Waals surface area contributed by atoms with Crippen molar-refractivity contribution in [2.45, 2.75) is 50.5 Å². The lowest BCUT2D eigenvalue weighted by Crippen LogP contribution is -2.31. The molecule has 162 valence electrons. The van der Waals surface area contributed by atoms with E-state index in [1.165, 1.54) is 9.21 Å². The summed E-state index contributed by atoms with van der Waals surface area (Å²) in [5.74, 6) is -0.603. The van der Waals surface area contributed by atoms with Crippen LogP contribution in [0.1, 0.15) is 42.4 Å². The van der Waals surface area contributed by atoms with E-state index in [4.69, 9.17) is 0 Å². The smallest absolute Gasteiger partial charge is 0.264 e. The molecule has 0 N–H and O–H groups in total. The Labute approximate surface area is 182 Å². The molecule has 2 amide bonds. The quantitative estimate of drug-likeness (QED) is 0.686. The molecule has 7 heteroatoms. The summed E-state index contributed by atoms with van der Waals surface area (Å²) in [4.78, 5) is 27.2. The second-order valence-electron chi connectivity index (χ2n) is 8.82. The van der Waals surface area contributed by atoms with Gasteiger partial charge in [0.2, 0.25) is 11.8 Å². The highest BCUT2D eigenvalue weighted by Gasteiger charge is 2.48. The number of rotatable bonds is 4. The lowest BCUT2D eigenvalue weighted by Gasteiger charge is -2.22. The summed E-state index contributed by atoms with van der Waals surface area (Å²) in [6.07, 6.45) is 4.20. The fourth-order valence-corrected chi connectivity index (χ4v) is 7.05. The van der Waals surface area contributed by atoms with Crippen molar-refractivity contribution in [1.82, 2.24) is 4.90 Å². The maximum Gasteiger partial charge on any atom is 0.264 e. The van der Waals surface area contributed by atoms with Crippen LogP contribution >= 0.6 is 0 Å². The first kappa shape index (κ1) is 20.2. The van der Waals surface area contributed by atoms with E-state index in [9.17, 15) is 18.0 Å². The van der Waals surface area contributed by atoms with Crippen molar-refractivity contribution in [2.75, 3.05) is 10.8 Å². The van der Waals surface area contributed by atoms with Gasteiger partial charge in [0.05, 0.1) is 29.0 Å². The number of benzene rings is 2. The monoisotopic (exact) mass is 438 g/mol. The molecule has 2 unspecified atom stereocenters. The first-order valence-electron chi connectivity index (χ1n) is 10.9. The molecule has 1 aliphatic carbocycles. The van der Waals surface area contributed by atoms with E-state index in [0.29, 0.717) is 24.1 Å². The molecule has 31 heavy (non-hydrogen) atoms. The maximum absolute atomic E-state index is 13.5. The average Bonchev–Trinajstić information content (AvgIpc) is 3.31. The molecular formula is C24H26N2O4S. The molecule has 0 aromatic heterocycles. The van der Waals surface area contributed by atoms with Gasteiger partial charge in [0.25, 0.3) is 10.0 Å². The Morgan fingerprint density at radius 3 is 2.35 bits per heavy atom. The molecular weight excluding hydrogens is 412 g/mol. The van der Waals surface area contributed by atoms with Gasteiger partial charge in [-0.1, -0.05) is 43.2 Å². The first-order chi connectivity index (χ1) is 14.9. The van der Waals surface area contributed by atoms with Crippen molar-refractivity contribution < 1.29 is 18.0 Å². The predicted molar refractivity (Wildman–Crippen MR) is 117 cm³/mol. The standard InChI is InChI=1S/C24H26N2O4S/c1-16-10-11-17(15-25-23(27)19-7-3-4-8-20(19)24(25)28)14-22(16)31(29,30)26-13-12-18-6-2-5-9-21(18)26/h2,5-6,9-11,14,19-20H,3-4,7-8,12-13,15H2,1H3. The summed E-state index contributed by atoms with van der Waals surface area (Å²) >= 11 is 0. The third-order valence-electron chi connectivity index (χ3n) is 6.94. The molecule has 0 radical (unpaired) electrons. The van der Waals surface area contributed by atoms with Crippen LogP contribution in [0.4, 0.5) is 5.69 Å². The number of aryl methyl sites for hydroxylation is 1. The highest BCUT2D eigenvalue weighted by atomic mass is 32.2. The van der Waals surface area contributed by atoms with E-state index in [1.807, 2.05) is 30.3 Å². The van der Waals surface area contributed by atoms with Gasteiger partial charge >= 0.3 is 0 Å². The lowest BCUT2D eigenvalue weighted by atomic mass is 9.81. The second-order valence-corrected chi connectivity index (χ2v) is 10.6. The maximum atomic E-state index is 13.5. The van der Waals surface area contributed by atoms with Crippen LogP contribution in [0.25, 0.3) is 0 Å². The van der Waals surface area contributed by atoms with Gasteiger partial charge in [-0.05, 0) is 55.0 Å². The summed E-state index contributed by atoms with van der Waals surface area (Å²) in [5.41, 5.74) is 3.06. The van der Waals surface area contributed by atoms with Gasteiger partial charge in [0.1, 0.15) is 0 Å². The van der Waals surface area contributed by atoms with E-state index in [0.717, 1.165) is 36.9 Å². The van der Waals surface area contributed by atoms with Gasteiger partial charge in [0, 0.05) is 6.54 Å².